The van der Waals surface area contributed by atoms with Gasteiger partial charge in [-0.2, -0.15) is 0 Å². The van der Waals surface area contributed by atoms with E-state index in [4.69, 9.17) is 21.1 Å². The highest BCUT2D eigenvalue weighted by Gasteiger charge is 2.36. The number of carbonyl (C=O) groups excluding carboxylic acids is 3. The number of nitrogens with one attached hydrogen (secondary N) is 2. The van der Waals surface area contributed by atoms with Crippen molar-refractivity contribution in [3.05, 3.63) is 21.2 Å². The van der Waals surface area contributed by atoms with Gasteiger partial charge < -0.3 is 20.1 Å². The smallest absolute Gasteiger partial charge is 0.339 e. The predicted octanol–water partition coefficient (Wildman–Crippen LogP) is 3.46. The summed E-state index contributed by atoms with van der Waals surface area (Å²) in [6, 6.07) is 0. The first-order chi connectivity index (χ1) is 12.5. The van der Waals surface area contributed by atoms with Gasteiger partial charge in [-0.3, -0.25) is 9.59 Å². The maximum atomic E-state index is 12.5. The van der Waals surface area contributed by atoms with E-state index in [0.717, 1.165) is 0 Å². The van der Waals surface area contributed by atoms with Gasteiger partial charge in [0.25, 0.3) is 0 Å². The normalized spacial score (nSPS) is 14.4. The first kappa shape index (κ1) is 21.7. The third-order valence-corrected chi connectivity index (χ3v) is 5.12. The highest BCUT2D eigenvalue weighted by atomic mass is 79.9. The maximum Gasteiger partial charge on any atom is 0.339 e. The lowest BCUT2D eigenvalue weighted by molar-refractivity contribution is -0.164. The highest BCUT2D eigenvalue weighted by molar-refractivity contribution is 9.10. The first-order valence-corrected chi connectivity index (χ1v) is 9.59. The molecular formula is C18H22BrClN2O5. The van der Waals surface area contributed by atoms with Gasteiger partial charge in [-0.1, -0.05) is 15.9 Å². The number of esters is 1. The van der Waals surface area contributed by atoms with Crippen LogP contribution in [-0.4, -0.2) is 36.4 Å². The van der Waals surface area contributed by atoms with Crippen molar-refractivity contribution in [2.24, 2.45) is 0 Å². The third kappa shape index (κ3) is 4.62. The molecule has 0 aliphatic carbocycles. The molecule has 1 aliphatic rings. The number of benzene rings is 1. The second-order valence-corrected chi connectivity index (χ2v) is 8.18. The molecule has 0 bridgehead atoms. The van der Waals surface area contributed by atoms with E-state index in [9.17, 15) is 14.4 Å². The highest BCUT2D eigenvalue weighted by Crippen LogP contribution is 2.46. The molecule has 1 aliphatic heterocycles. The minimum Gasteiger partial charge on any atom is -0.467 e. The molecule has 1 atom stereocenters. The van der Waals surface area contributed by atoms with Crippen molar-refractivity contribution in [1.29, 1.82) is 0 Å². The van der Waals surface area contributed by atoms with Crippen molar-refractivity contribution in [2.45, 2.75) is 45.8 Å². The Hall–Kier alpha value is -1.64. The average Bonchev–Trinajstić information content (AvgIpc) is 2.97. The molecule has 7 nitrogen and oxygen atoms in total. The lowest BCUT2D eigenvalue weighted by Crippen LogP contribution is -2.29. The summed E-state index contributed by atoms with van der Waals surface area (Å²) in [5, 5.41) is 5.46. The second-order valence-electron chi connectivity index (χ2n) is 7.12. The number of hydrogen-bond donors (Lipinski definition) is 2. The molecular weight excluding hydrogens is 440 g/mol. The number of methoxy groups -OCH3 is 1. The summed E-state index contributed by atoms with van der Waals surface area (Å²) >= 11 is 9.14. The average molecular weight is 462 g/mol. The van der Waals surface area contributed by atoms with E-state index >= 15 is 0 Å². The standard InChI is InChI=1S/C18H22BrClN2O5/c1-8-12(16(17(25)26-5)27-18(2,3)4)13(19)9-6-10(23)21-15(9)14(8)22-11(24)7-20/h16H,6-7H2,1-5H3,(H,21,23)(H,22,24)/t16-/m0/s1. The van der Waals surface area contributed by atoms with Crippen LogP contribution in [0.25, 0.3) is 0 Å². The van der Waals surface area contributed by atoms with Crippen molar-refractivity contribution in [3.8, 4) is 0 Å². The summed E-state index contributed by atoms with van der Waals surface area (Å²) in [5.41, 5.74) is 1.95. The Kier molecular flexibility index (Phi) is 6.55. The van der Waals surface area contributed by atoms with Crippen molar-refractivity contribution >= 4 is 56.7 Å². The van der Waals surface area contributed by atoms with Gasteiger partial charge in [0.15, 0.2) is 6.10 Å². The second kappa shape index (κ2) is 8.16. The Morgan fingerprint density at radius 2 is 2.00 bits per heavy atom. The summed E-state index contributed by atoms with van der Waals surface area (Å²) in [6.45, 7) is 7.19. The minimum absolute atomic E-state index is 0.107. The van der Waals surface area contributed by atoms with Gasteiger partial charge in [-0.05, 0) is 33.3 Å². The predicted molar refractivity (Wildman–Crippen MR) is 106 cm³/mol. The maximum absolute atomic E-state index is 12.5. The number of anilines is 2. The molecule has 0 saturated heterocycles. The third-order valence-electron chi connectivity index (χ3n) is 3.97. The zero-order valence-electron chi connectivity index (χ0n) is 15.8. The molecule has 9 heteroatoms. The van der Waals surface area contributed by atoms with E-state index in [2.05, 4.69) is 26.6 Å². The molecule has 1 aromatic carbocycles. The monoisotopic (exact) mass is 460 g/mol. The fourth-order valence-corrected chi connectivity index (χ4v) is 3.79. The largest absolute Gasteiger partial charge is 0.467 e. The number of alkyl halides is 1. The topological polar surface area (TPSA) is 93.7 Å². The number of hydrogen-bond acceptors (Lipinski definition) is 5. The van der Waals surface area contributed by atoms with Crippen LogP contribution in [-0.2, 0) is 30.3 Å². The van der Waals surface area contributed by atoms with Crippen molar-refractivity contribution < 1.29 is 23.9 Å². The van der Waals surface area contributed by atoms with Crippen LogP contribution in [0.2, 0.25) is 0 Å². The van der Waals surface area contributed by atoms with Crippen molar-refractivity contribution in [3.63, 3.8) is 0 Å². The number of ether oxygens (including phenoxy) is 2. The molecule has 1 aromatic rings. The SMILES string of the molecule is COC(=O)[C@@H](OC(C)(C)C)c1c(C)c(NC(=O)CCl)c2c(c1Br)CC(=O)N2. The molecule has 0 saturated carbocycles. The van der Waals surface area contributed by atoms with E-state index in [1.54, 1.807) is 6.92 Å². The zero-order chi connectivity index (χ0) is 20.5. The Morgan fingerprint density at radius 3 is 2.52 bits per heavy atom. The fraction of sp³-hybridized carbons (Fsp3) is 0.500. The Morgan fingerprint density at radius 1 is 1.37 bits per heavy atom. The number of rotatable bonds is 5. The number of fused-ring (bicyclic) bond motifs is 1. The van der Waals surface area contributed by atoms with Gasteiger partial charge in [0.05, 0.1) is 30.5 Å². The van der Waals surface area contributed by atoms with Crippen LogP contribution < -0.4 is 10.6 Å². The molecule has 27 heavy (non-hydrogen) atoms. The van der Waals surface area contributed by atoms with E-state index < -0.39 is 23.6 Å². The van der Waals surface area contributed by atoms with E-state index in [1.165, 1.54) is 7.11 Å². The van der Waals surface area contributed by atoms with Crippen molar-refractivity contribution in [1.82, 2.24) is 0 Å². The molecule has 0 aromatic heterocycles. The van der Waals surface area contributed by atoms with Crippen LogP contribution in [0.4, 0.5) is 11.4 Å². The van der Waals surface area contributed by atoms with E-state index in [-0.39, 0.29) is 18.2 Å². The van der Waals surface area contributed by atoms with Crippen LogP contribution in [0, 0.1) is 6.92 Å². The summed E-state index contributed by atoms with van der Waals surface area (Å²) in [6.07, 6.45) is -0.937. The number of amides is 2. The molecule has 2 amide bonds. The van der Waals surface area contributed by atoms with Gasteiger partial charge in [-0.15, -0.1) is 11.6 Å². The molecule has 0 radical (unpaired) electrons. The lowest BCUT2D eigenvalue weighted by atomic mass is 9.95. The van der Waals surface area contributed by atoms with Gasteiger partial charge >= 0.3 is 5.97 Å². The molecule has 2 rings (SSSR count). The summed E-state index contributed by atoms with van der Waals surface area (Å²) < 4.78 is 11.5. The summed E-state index contributed by atoms with van der Waals surface area (Å²) in [7, 11) is 1.28. The van der Waals surface area contributed by atoms with Gasteiger partial charge in [-0.25, -0.2) is 4.79 Å². The summed E-state index contributed by atoms with van der Waals surface area (Å²) in [4.78, 5) is 36.4. The van der Waals surface area contributed by atoms with E-state index in [1.807, 2.05) is 20.8 Å². The molecule has 0 unspecified atom stereocenters. The Labute approximate surface area is 171 Å². The molecule has 148 valence electrons. The molecule has 2 N–H and O–H groups in total. The van der Waals surface area contributed by atoms with Crippen LogP contribution in [0.15, 0.2) is 4.47 Å². The number of carbonyl (C=O) groups is 3. The van der Waals surface area contributed by atoms with Gasteiger partial charge in [0, 0.05) is 15.6 Å². The van der Waals surface area contributed by atoms with E-state index in [0.29, 0.717) is 32.5 Å². The number of halogens is 2. The Balaban J connectivity index is 2.73. The van der Waals surface area contributed by atoms with Crippen molar-refractivity contribution in [2.75, 3.05) is 23.6 Å². The van der Waals surface area contributed by atoms with Crippen LogP contribution >= 0.6 is 27.5 Å². The molecule has 0 fully saturated rings. The van der Waals surface area contributed by atoms with Crippen LogP contribution in [0.1, 0.15) is 43.6 Å². The summed E-state index contributed by atoms with van der Waals surface area (Å²) in [5.74, 6) is -1.47. The Bertz CT molecular complexity index is 804. The van der Waals surface area contributed by atoms with Crippen LogP contribution in [0.3, 0.4) is 0 Å². The first-order valence-electron chi connectivity index (χ1n) is 8.26. The fourth-order valence-electron chi connectivity index (χ4n) is 2.88. The quantitative estimate of drug-likeness (QED) is 0.517. The molecule has 0 spiro atoms. The van der Waals surface area contributed by atoms with Gasteiger partial charge in [0.2, 0.25) is 11.8 Å². The minimum atomic E-state index is -1.04. The van der Waals surface area contributed by atoms with Crippen LogP contribution in [0.5, 0.6) is 0 Å². The lowest BCUT2D eigenvalue weighted by Gasteiger charge is -2.29. The molecule has 1 heterocycles. The zero-order valence-corrected chi connectivity index (χ0v) is 18.1. The van der Waals surface area contributed by atoms with Gasteiger partial charge in [0.1, 0.15) is 5.88 Å².